The monoisotopic (exact) mass is 1290 g/mol. The van der Waals surface area contributed by atoms with E-state index in [1.165, 1.54) is 122 Å². The van der Waals surface area contributed by atoms with Crippen LogP contribution in [0, 0.1) is 0 Å². The Morgan fingerprint density at radius 3 is 1.19 bits per heavy atom. The number of unbranched alkanes of at least 4 members (excludes halogenated alkanes) is 26. The number of aliphatic hydroxyl groups excluding tert-OH is 11. The minimum Gasteiger partial charge on any atom is -0.394 e. The first kappa shape index (κ1) is 82.5. The Bertz CT molecular complexity index is 1930. The van der Waals surface area contributed by atoms with Gasteiger partial charge >= 0.3 is 0 Å². The van der Waals surface area contributed by atoms with Crippen molar-refractivity contribution < 1.29 is 89.4 Å². The number of ether oxygens (including phenoxy) is 6. The van der Waals surface area contributed by atoms with Crippen molar-refractivity contribution in [1.29, 1.82) is 0 Å². The normalized spacial score (nSPS) is 28.3. The van der Waals surface area contributed by atoms with E-state index in [1.807, 2.05) is 0 Å². The van der Waals surface area contributed by atoms with Crippen LogP contribution in [0.1, 0.15) is 245 Å². The molecule has 3 fully saturated rings. The quantitative estimate of drug-likeness (QED) is 0.0199. The third kappa shape index (κ3) is 35.2. The van der Waals surface area contributed by atoms with Crippen molar-refractivity contribution in [3.05, 3.63) is 72.9 Å². The van der Waals surface area contributed by atoms with E-state index in [1.54, 1.807) is 0 Å². The van der Waals surface area contributed by atoms with Crippen LogP contribution in [0.25, 0.3) is 0 Å². The Balaban J connectivity index is 1.38. The summed E-state index contributed by atoms with van der Waals surface area (Å²) < 4.78 is 34.4. The van der Waals surface area contributed by atoms with E-state index in [0.717, 1.165) is 89.9 Å². The molecule has 0 saturated carbocycles. The number of carbonyl (C=O) groups is 1. The van der Waals surface area contributed by atoms with Crippen molar-refractivity contribution in [2.75, 3.05) is 26.4 Å². The van der Waals surface area contributed by atoms with E-state index in [4.69, 9.17) is 28.4 Å². The van der Waals surface area contributed by atoms with Crippen molar-refractivity contribution in [3.8, 4) is 0 Å². The van der Waals surface area contributed by atoms with Crippen LogP contribution in [0.5, 0.6) is 0 Å². The van der Waals surface area contributed by atoms with Gasteiger partial charge in [0, 0.05) is 6.42 Å². The minimum atomic E-state index is -1.97. The van der Waals surface area contributed by atoms with Crippen molar-refractivity contribution in [3.63, 3.8) is 0 Å². The van der Waals surface area contributed by atoms with Gasteiger partial charge in [0.2, 0.25) is 5.91 Å². The fourth-order valence-electron chi connectivity index (χ4n) is 11.8. The van der Waals surface area contributed by atoms with Crippen LogP contribution in [0.15, 0.2) is 72.9 Å². The second-order valence-electron chi connectivity index (χ2n) is 25.3. The highest BCUT2D eigenvalue weighted by molar-refractivity contribution is 5.76. The van der Waals surface area contributed by atoms with Crippen molar-refractivity contribution in [2.45, 2.75) is 349 Å². The zero-order valence-electron chi connectivity index (χ0n) is 55.8. The highest BCUT2D eigenvalue weighted by atomic mass is 16.8. The number of nitrogens with one attached hydrogen (secondary N) is 1. The predicted octanol–water partition coefficient (Wildman–Crippen LogP) is 9.72. The maximum atomic E-state index is 13.4. The lowest BCUT2D eigenvalue weighted by Crippen LogP contribution is -2.66. The molecule has 17 atom stereocenters. The molecule has 0 aromatic carbocycles. The summed E-state index contributed by atoms with van der Waals surface area (Å²) in [5.41, 5.74) is 0. The van der Waals surface area contributed by atoms with Crippen LogP contribution in [0.2, 0.25) is 0 Å². The van der Waals surface area contributed by atoms with Gasteiger partial charge in [-0.2, -0.15) is 0 Å². The van der Waals surface area contributed by atoms with E-state index in [2.05, 4.69) is 92.1 Å². The van der Waals surface area contributed by atoms with E-state index in [9.17, 15) is 61.0 Å². The van der Waals surface area contributed by atoms with Gasteiger partial charge in [-0.15, -0.1) is 0 Å². The maximum absolute atomic E-state index is 13.4. The van der Waals surface area contributed by atoms with Gasteiger partial charge in [0.1, 0.15) is 73.2 Å². The van der Waals surface area contributed by atoms with E-state index >= 15 is 0 Å². The van der Waals surface area contributed by atoms with Gasteiger partial charge in [0.15, 0.2) is 18.9 Å². The summed E-state index contributed by atoms with van der Waals surface area (Å²) in [5, 5.41) is 121. The molecule has 19 nitrogen and oxygen atoms in total. The lowest BCUT2D eigenvalue weighted by Gasteiger charge is -2.48. The molecule has 0 spiro atoms. The lowest BCUT2D eigenvalue weighted by atomic mass is 9.96. The maximum Gasteiger partial charge on any atom is 0.220 e. The first-order chi connectivity index (χ1) is 44.3. The number of hydrogen-bond acceptors (Lipinski definition) is 18. The average molecular weight is 1290 g/mol. The Labute approximate surface area is 547 Å². The molecular weight excluding hydrogens is 1170 g/mol. The molecule has 17 unspecified atom stereocenters. The fraction of sp³-hybridized carbons (Fsp3) is 0.819. The molecule has 0 aromatic heterocycles. The largest absolute Gasteiger partial charge is 0.394 e. The SMILES string of the molecule is CC/C=C\C/C=C\C/C=C\C/C=C\C/C=C\C/C=C\CCCCCCCCCCCCCCC(=O)NC(COC1OC(CO)C(OC2OC(CO)C(OC3OC(CO)C(O)C(O)C3O)C(O)C2O)C(O)C1O)C(O)CCCCCCCCCCCCCCCCC. The Kier molecular flexibility index (Phi) is 48.4. The van der Waals surface area contributed by atoms with Crippen molar-refractivity contribution in [1.82, 2.24) is 5.32 Å². The molecule has 1 amide bonds. The molecule has 91 heavy (non-hydrogen) atoms. The van der Waals surface area contributed by atoms with Gasteiger partial charge in [-0.25, -0.2) is 0 Å². The van der Waals surface area contributed by atoms with Gasteiger partial charge in [-0.05, 0) is 64.2 Å². The van der Waals surface area contributed by atoms with Gasteiger partial charge in [0.05, 0.1) is 38.6 Å². The van der Waals surface area contributed by atoms with Gasteiger partial charge in [-0.1, -0.05) is 247 Å². The summed E-state index contributed by atoms with van der Waals surface area (Å²) in [5.74, 6) is -0.247. The number of amides is 1. The zero-order valence-corrected chi connectivity index (χ0v) is 55.8. The average Bonchev–Trinajstić information content (AvgIpc) is 0.876. The molecule has 3 aliphatic heterocycles. The Morgan fingerprint density at radius 2 is 0.758 bits per heavy atom. The zero-order chi connectivity index (χ0) is 66.1. The number of aliphatic hydroxyl groups is 11. The number of carbonyl (C=O) groups excluding carboxylic acids is 1. The van der Waals surface area contributed by atoms with Crippen LogP contribution in [-0.4, -0.2) is 193 Å². The summed E-state index contributed by atoms with van der Waals surface area (Å²) >= 11 is 0. The Morgan fingerprint density at radius 1 is 0.407 bits per heavy atom. The van der Waals surface area contributed by atoms with Gasteiger partial charge in [0.25, 0.3) is 0 Å². The van der Waals surface area contributed by atoms with Crippen molar-refractivity contribution in [2.24, 2.45) is 0 Å². The molecule has 0 radical (unpaired) electrons. The highest BCUT2D eigenvalue weighted by Gasteiger charge is 2.53. The summed E-state index contributed by atoms with van der Waals surface area (Å²) in [4.78, 5) is 13.4. The molecule has 528 valence electrons. The number of allylic oxidation sites excluding steroid dienone is 12. The van der Waals surface area contributed by atoms with E-state index in [-0.39, 0.29) is 18.9 Å². The smallest absolute Gasteiger partial charge is 0.220 e. The van der Waals surface area contributed by atoms with Crippen LogP contribution in [0.4, 0.5) is 0 Å². The molecule has 12 N–H and O–H groups in total. The second kappa shape index (κ2) is 53.4. The first-order valence-corrected chi connectivity index (χ1v) is 35.7. The molecule has 3 rings (SSSR count). The third-order valence-electron chi connectivity index (χ3n) is 17.5. The summed E-state index contributed by atoms with van der Waals surface area (Å²) in [6, 6.07) is -0.892. The molecule has 3 heterocycles. The van der Waals surface area contributed by atoms with Gasteiger partial charge in [-0.3, -0.25) is 4.79 Å². The molecule has 3 aliphatic rings. The molecule has 0 bridgehead atoms. The summed E-state index contributed by atoms with van der Waals surface area (Å²) in [6.07, 6.45) is 39.8. The van der Waals surface area contributed by atoms with Crippen LogP contribution in [-0.2, 0) is 33.2 Å². The van der Waals surface area contributed by atoms with Crippen LogP contribution >= 0.6 is 0 Å². The molecule has 0 aliphatic carbocycles. The van der Waals surface area contributed by atoms with E-state index < -0.39 is 124 Å². The molecule has 19 heteroatoms. The highest BCUT2D eigenvalue weighted by Crippen LogP contribution is 2.33. The molecule has 3 saturated heterocycles. The summed E-state index contributed by atoms with van der Waals surface area (Å²) in [7, 11) is 0. The topological polar surface area (TPSA) is 307 Å². The standard InChI is InChI=1S/C72H127NO18/c1-3-5-7-9-11-13-15-17-19-20-21-22-23-24-25-26-27-28-29-30-31-32-33-34-36-38-40-42-44-46-48-50-60(78)73-55(56(77)49-47-45-43-41-39-37-35-18-16-14-12-10-8-6-4-2)54-86-70-66(84)63(81)68(58(52-75)88-70)91-72-67(85)64(82)69(59(53-76)89-72)90-71-65(83)62(80)61(79)57(51-74)87-71/h5,7,11,13,17,19,21-22,24-25,27-28,55-59,61-72,74-77,79-85H,3-4,6,8-10,12,14-16,18,20,23,26,29-54H2,1-2H3,(H,73,78)/b7-5-,13-11-,19-17-,22-21-,25-24-,28-27-. The summed E-state index contributed by atoms with van der Waals surface area (Å²) in [6.45, 7) is 1.69. The second-order valence-corrected chi connectivity index (χ2v) is 25.3. The van der Waals surface area contributed by atoms with Gasteiger partial charge < -0.3 is 89.9 Å². The third-order valence-corrected chi connectivity index (χ3v) is 17.5. The first-order valence-electron chi connectivity index (χ1n) is 35.7. The van der Waals surface area contributed by atoms with Crippen molar-refractivity contribution >= 4 is 5.91 Å². The number of rotatable bonds is 54. The van der Waals surface area contributed by atoms with Crippen LogP contribution < -0.4 is 5.32 Å². The van der Waals surface area contributed by atoms with E-state index in [0.29, 0.717) is 12.8 Å². The lowest BCUT2D eigenvalue weighted by molar-refractivity contribution is -0.379. The van der Waals surface area contributed by atoms with Crippen LogP contribution in [0.3, 0.4) is 0 Å². The predicted molar refractivity (Wildman–Crippen MR) is 355 cm³/mol. The Hall–Kier alpha value is -2.77. The number of hydrogen-bond donors (Lipinski definition) is 12. The minimum absolute atomic E-state index is 0.247. The fourth-order valence-corrected chi connectivity index (χ4v) is 11.8. The molecule has 0 aromatic rings. The molecular formula is C72H127NO18.